The molecule has 5 rings (SSSR count). The number of oxazole rings is 1. The molecule has 6 nitrogen and oxygen atoms in total. The van der Waals surface area contributed by atoms with Crippen LogP contribution >= 0.6 is 11.8 Å². The summed E-state index contributed by atoms with van der Waals surface area (Å²) in [4.78, 5) is 19.6. The molecule has 166 valence electrons. The van der Waals surface area contributed by atoms with Crippen molar-refractivity contribution in [3.8, 4) is 22.6 Å². The highest BCUT2D eigenvalue weighted by Crippen LogP contribution is 2.37. The lowest BCUT2D eigenvalue weighted by Gasteiger charge is -2.28. The van der Waals surface area contributed by atoms with E-state index in [1.54, 1.807) is 0 Å². The van der Waals surface area contributed by atoms with Gasteiger partial charge in [-0.15, -0.1) is 0 Å². The topological polar surface area (TPSA) is 80.5 Å². The molecule has 2 aliphatic rings. The Morgan fingerprint density at radius 1 is 0.969 bits per heavy atom. The zero-order valence-electron chi connectivity index (χ0n) is 17.5. The van der Waals surface area contributed by atoms with Crippen LogP contribution in [0.25, 0.3) is 22.6 Å². The monoisotopic (exact) mass is 468 g/mol. The molecule has 1 aliphatic carbocycles. The highest BCUT2D eigenvalue weighted by atomic mass is 32.2. The van der Waals surface area contributed by atoms with Gasteiger partial charge in [0, 0.05) is 23.2 Å². The molecule has 2 fully saturated rings. The van der Waals surface area contributed by atoms with Crippen molar-refractivity contribution in [1.29, 1.82) is 0 Å². The van der Waals surface area contributed by atoms with E-state index in [9.17, 15) is 13.2 Å². The molecule has 32 heavy (non-hydrogen) atoms. The van der Waals surface area contributed by atoms with Crippen molar-refractivity contribution >= 4 is 27.5 Å². The van der Waals surface area contributed by atoms with Gasteiger partial charge in [-0.3, -0.25) is 4.79 Å². The molecule has 3 aromatic rings. The van der Waals surface area contributed by atoms with E-state index in [4.69, 9.17) is 9.40 Å². The Hall–Kier alpha value is -2.58. The predicted octanol–water partition coefficient (Wildman–Crippen LogP) is 4.28. The van der Waals surface area contributed by atoms with Gasteiger partial charge in [0.1, 0.15) is 5.69 Å². The first-order valence-electron chi connectivity index (χ1n) is 10.8. The van der Waals surface area contributed by atoms with Crippen LogP contribution in [0.2, 0.25) is 0 Å². The number of amides is 1. The number of carbonyl (C=O) groups excluding carboxylic acids is 1. The van der Waals surface area contributed by atoms with E-state index in [0.29, 0.717) is 17.4 Å². The second kappa shape index (κ2) is 8.75. The number of benzene rings is 2. The first-order valence-corrected chi connectivity index (χ1v) is 13.6. The van der Waals surface area contributed by atoms with Gasteiger partial charge in [-0.1, -0.05) is 72.4 Å². The van der Waals surface area contributed by atoms with E-state index in [-0.39, 0.29) is 35.2 Å². The summed E-state index contributed by atoms with van der Waals surface area (Å²) in [5, 5.41) is 0.436. The number of sulfone groups is 1. The average Bonchev–Trinajstić information content (AvgIpc) is 3.43. The maximum Gasteiger partial charge on any atom is 0.257 e. The molecular formula is C24H24N2O4S2. The fourth-order valence-electron chi connectivity index (χ4n) is 4.19. The summed E-state index contributed by atoms with van der Waals surface area (Å²) >= 11 is 1.27. The van der Waals surface area contributed by atoms with E-state index in [2.05, 4.69) is 0 Å². The SMILES string of the molecule is O=C(CSc1nc(-c2ccccc2)c(-c2ccccc2)o1)N(C1CC1)[C@H]1CCS(=O)(=O)C1. The van der Waals surface area contributed by atoms with Gasteiger partial charge in [-0.2, -0.15) is 0 Å². The van der Waals surface area contributed by atoms with Gasteiger partial charge in [0.15, 0.2) is 15.6 Å². The number of aromatic nitrogens is 1. The Labute approximate surface area is 192 Å². The smallest absolute Gasteiger partial charge is 0.257 e. The molecule has 0 unspecified atom stereocenters. The van der Waals surface area contributed by atoms with Crippen LogP contribution in [-0.4, -0.2) is 53.6 Å². The lowest BCUT2D eigenvalue weighted by Crippen LogP contribution is -2.43. The second-order valence-electron chi connectivity index (χ2n) is 8.27. The largest absolute Gasteiger partial charge is 0.431 e. The molecule has 2 heterocycles. The highest BCUT2D eigenvalue weighted by molar-refractivity contribution is 7.99. The maximum absolute atomic E-state index is 13.1. The van der Waals surface area contributed by atoms with Crippen molar-refractivity contribution in [1.82, 2.24) is 9.88 Å². The fourth-order valence-corrected chi connectivity index (χ4v) is 6.60. The molecule has 1 saturated heterocycles. The van der Waals surface area contributed by atoms with Crippen LogP contribution in [0, 0.1) is 0 Å². The van der Waals surface area contributed by atoms with Crippen molar-refractivity contribution < 1.29 is 17.6 Å². The number of thioether (sulfide) groups is 1. The van der Waals surface area contributed by atoms with Crippen molar-refractivity contribution in [2.75, 3.05) is 17.3 Å². The molecule has 1 aliphatic heterocycles. The Morgan fingerprint density at radius 2 is 1.62 bits per heavy atom. The third-order valence-electron chi connectivity index (χ3n) is 5.84. The van der Waals surface area contributed by atoms with Crippen LogP contribution in [0.15, 0.2) is 70.3 Å². The third kappa shape index (κ3) is 4.61. The van der Waals surface area contributed by atoms with Crippen LogP contribution in [0.4, 0.5) is 0 Å². The summed E-state index contributed by atoms with van der Waals surface area (Å²) in [6.45, 7) is 0. The zero-order chi connectivity index (χ0) is 22.1. The van der Waals surface area contributed by atoms with Gasteiger partial charge in [0.05, 0.1) is 17.3 Å². The van der Waals surface area contributed by atoms with Crippen molar-refractivity contribution in [2.24, 2.45) is 0 Å². The molecule has 0 N–H and O–H groups in total. The molecule has 0 bridgehead atoms. The van der Waals surface area contributed by atoms with Gasteiger partial charge in [-0.25, -0.2) is 13.4 Å². The number of carbonyl (C=O) groups is 1. The summed E-state index contributed by atoms with van der Waals surface area (Å²) in [6.07, 6.45) is 2.43. The van der Waals surface area contributed by atoms with Crippen LogP contribution in [0.1, 0.15) is 19.3 Å². The standard InChI is InChI=1S/C24H24N2O4S2/c27-21(26(19-11-12-19)20-13-14-32(28,29)16-20)15-31-24-25-22(17-7-3-1-4-8-17)23(30-24)18-9-5-2-6-10-18/h1-10,19-20H,11-16H2/t20-/m0/s1. The first kappa shape index (κ1) is 21.3. The molecule has 2 aromatic carbocycles. The Balaban J connectivity index is 1.36. The summed E-state index contributed by atoms with van der Waals surface area (Å²) in [6, 6.07) is 19.6. The lowest BCUT2D eigenvalue weighted by molar-refractivity contribution is -0.130. The van der Waals surface area contributed by atoms with Gasteiger partial charge in [-0.05, 0) is 19.3 Å². The quantitative estimate of drug-likeness (QED) is 0.482. The summed E-state index contributed by atoms with van der Waals surface area (Å²) in [7, 11) is -3.04. The molecular weight excluding hydrogens is 444 g/mol. The van der Waals surface area contributed by atoms with Gasteiger partial charge in [0.25, 0.3) is 5.22 Å². The molecule has 1 atom stereocenters. The minimum absolute atomic E-state index is 0.0414. The number of nitrogens with zero attached hydrogens (tertiary/aromatic N) is 2. The predicted molar refractivity (Wildman–Crippen MR) is 125 cm³/mol. The van der Waals surface area contributed by atoms with Crippen LogP contribution in [0.5, 0.6) is 0 Å². The molecule has 0 radical (unpaired) electrons. The molecule has 0 spiro atoms. The van der Waals surface area contributed by atoms with E-state index in [1.807, 2.05) is 65.6 Å². The first-order chi connectivity index (χ1) is 15.5. The summed E-state index contributed by atoms with van der Waals surface area (Å²) < 4.78 is 30.0. The third-order valence-corrected chi connectivity index (χ3v) is 8.40. The zero-order valence-corrected chi connectivity index (χ0v) is 19.1. The van der Waals surface area contributed by atoms with E-state index >= 15 is 0 Å². The van der Waals surface area contributed by atoms with Crippen LogP contribution in [0.3, 0.4) is 0 Å². The summed E-state index contributed by atoms with van der Waals surface area (Å²) in [5.74, 6) is 1.06. The Bertz CT molecular complexity index is 1150. The summed E-state index contributed by atoms with van der Waals surface area (Å²) in [5.41, 5.74) is 2.62. The molecule has 1 aromatic heterocycles. The normalized spacial score (nSPS) is 19.7. The van der Waals surface area contributed by atoms with Crippen molar-refractivity contribution in [2.45, 2.75) is 36.6 Å². The molecule has 1 saturated carbocycles. The highest BCUT2D eigenvalue weighted by Gasteiger charge is 2.42. The molecule has 8 heteroatoms. The number of hydrogen-bond acceptors (Lipinski definition) is 6. The van der Waals surface area contributed by atoms with Gasteiger partial charge < -0.3 is 9.32 Å². The van der Waals surface area contributed by atoms with E-state index in [0.717, 1.165) is 29.7 Å². The van der Waals surface area contributed by atoms with Gasteiger partial charge >= 0.3 is 0 Å². The second-order valence-corrected chi connectivity index (χ2v) is 11.4. The Kier molecular flexibility index (Phi) is 5.82. The minimum atomic E-state index is -3.04. The fraction of sp³-hybridized carbons (Fsp3) is 0.333. The number of hydrogen-bond donors (Lipinski definition) is 0. The van der Waals surface area contributed by atoms with Crippen molar-refractivity contribution in [3.63, 3.8) is 0 Å². The van der Waals surface area contributed by atoms with E-state index in [1.165, 1.54) is 11.8 Å². The minimum Gasteiger partial charge on any atom is -0.431 e. The number of rotatable bonds is 7. The van der Waals surface area contributed by atoms with Crippen LogP contribution in [-0.2, 0) is 14.6 Å². The lowest BCUT2D eigenvalue weighted by atomic mass is 10.1. The molecule has 1 amide bonds. The van der Waals surface area contributed by atoms with Crippen LogP contribution < -0.4 is 0 Å². The van der Waals surface area contributed by atoms with Crippen molar-refractivity contribution in [3.05, 3.63) is 60.7 Å². The maximum atomic E-state index is 13.1. The van der Waals surface area contributed by atoms with Gasteiger partial charge in [0.2, 0.25) is 5.91 Å². The Morgan fingerprint density at radius 3 is 2.22 bits per heavy atom. The van der Waals surface area contributed by atoms with E-state index < -0.39 is 9.84 Å². The average molecular weight is 469 g/mol.